The second kappa shape index (κ2) is 7.39. The maximum atomic E-state index is 13.4. The molecule has 1 aromatic carbocycles. The lowest BCUT2D eigenvalue weighted by Crippen LogP contribution is -2.53. The number of pyridine rings is 1. The van der Waals surface area contributed by atoms with E-state index in [-0.39, 0.29) is 5.41 Å². The van der Waals surface area contributed by atoms with Crippen LogP contribution in [-0.2, 0) is 16.6 Å². The predicted molar refractivity (Wildman–Crippen MR) is 114 cm³/mol. The van der Waals surface area contributed by atoms with E-state index < -0.39 is 5.95 Å². The molecule has 1 spiro atoms. The van der Waals surface area contributed by atoms with Gasteiger partial charge in [0.25, 0.3) is 0 Å². The van der Waals surface area contributed by atoms with Crippen LogP contribution in [0.25, 0.3) is 5.69 Å². The van der Waals surface area contributed by atoms with E-state index in [0.717, 1.165) is 38.4 Å². The van der Waals surface area contributed by atoms with E-state index in [0.29, 0.717) is 17.7 Å². The lowest BCUT2D eigenvalue weighted by Gasteiger charge is -2.45. The van der Waals surface area contributed by atoms with E-state index >= 15 is 0 Å². The molecule has 2 aromatic heterocycles. The third kappa shape index (κ3) is 3.40. The van der Waals surface area contributed by atoms with Crippen LogP contribution in [0.1, 0.15) is 30.4 Å². The van der Waals surface area contributed by atoms with Gasteiger partial charge >= 0.3 is 0 Å². The van der Waals surface area contributed by atoms with Crippen LogP contribution in [0.5, 0.6) is 0 Å². The summed E-state index contributed by atoms with van der Waals surface area (Å²) in [7, 11) is 0. The standard InChI is InChI=1S/C23H25FN6O/c24-21-12-18(4-8-25-21)30-15-26-22(28-30)27-17-2-1-16-3-5-23(20(16)11-17)6-9-29(10-7-23)19-13-31-14-19/h1-2,4,8,11-12,15,19H,3,5-7,9-10,13-14H2,(H,27,28). The highest BCUT2D eigenvalue weighted by Gasteiger charge is 2.43. The van der Waals surface area contributed by atoms with Gasteiger partial charge in [0.2, 0.25) is 11.9 Å². The number of rotatable bonds is 4. The van der Waals surface area contributed by atoms with Gasteiger partial charge in [-0.05, 0) is 73.5 Å². The van der Waals surface area contributed by atoms with Crippen molar-refractivity contribution in [1.82, 2.24) is 24.6 Å². The third-order valence-electron chi connectivity index (χ3n) is 7.17. The van der Waals surface area contributed by atoms with Crippen LogP contribution in [-0.4, -0.2) is 57.0 Å². The first-order valence-corrected chi connectivity index (χ1v) is 10.9. The van der Waals surface area contributed by atoms with E-state index in [1.54, 1.807) is 17.1 Å². The average molecular weight is 420 g/mol. The first kappa shape index (κ1) is 18.9. The minimum atomic E-state index is -0.540. The van der Waals surface area contributed by atoms with Crippen LogP contribution < -0.4 is 5.32 Å². The van der Waals surface area contributed by atoms with Crippen LogP contribution in [0.15, 0.2) is 42.9 Å². The summed E-state index contributed by atoms with van der Waals surface area (Å²) in [6.45, 7) is 4.09. The molecule has 2 saturated heterocycles. The zero-order valence-corrected chi connectivity index (χ0v) is 17.3. The Bertz CT molecular complexity index is 1100. The molecule has 0 saturated carbocycles. The molecule has 0 bridgehead atoms. The summed E-state index contributed by atoms with van der Waals surface area (Å²) < 4.78 is 20.3. The van der Waals surface area contributed by atoms with E-state index in [9.17, 15) is 4.39 Å². The van der Waals surface area contributed by atoms with Crippen molar-refractivity contribution in [3.63, 3.8) is 0 Å². The number of nitrogens with zero attached hydrogens (tertiary/aromatic N) is 5. The van der Waals surface area contributed by atoms with Gasteiger partial charge in [-0.1, -0.05) is 6.07 Å². The SMILES string of the molecule is Fc1cc(-n2cnc(Nc3ccc4c(c3)C3(CC4)CCN(C4COC4)CC3)n2)ccn1. The van der Waals surface area contributed by atoms with Crippen molar-refractivity contribution in [2.24, 2.45) is 0 Å². The van der Waals surface area contributed by atoms with Gasteiger partial charge in [0.05, 0.1) is 24.9 Å². The second-order valence-electron chi connectivity index (χ2n) is 8.85. The molecule has 1 aliphatic carbocycles. The molecule has 0 amide bonds. The maximum absolute atomic E-state index is 13.4. The summed E-state index contributed by atoms with van der Waals surface area (Å²) in [5.74, 6) is -0.0497. The highest BCUT2D eigenvalue weighted by molar-refractivity contribution is 5.58. The highest BCUT2D eigenvalue weighted by atomic mass is 19.1. The molecule has 3 aromatic rings. The predicted octanol–water partition coefficient (Wildman–Crippen LogP) is 3.22. The number of nitrogens with one attached hydrogen (secondary N) is 1. The van der Waals surface area contributed by atoms with Crippen LogP contribution >= 0.6 is 0 Å². The fraction of sp³-hybridized carbons (Fsp3) is 0.435. The number of aryl methyl sites for hydroxylation is 1. The van der Waals surface area contributed by atoms with Crippen molar-refractivity contribution in [1.29, 1.82) is 0 Å². The summed E-state index contributed by atoms with van der Waals surface area (Å²) in [4.78, 5) is 10.5. The number of piperidine rings is 1. The largest absolute Gasteiger partial charge is 0.378 e. The minimum Gasteiger partial charge on any atom is -0.378 e. The van der Waals surface area contributed by atoms with Crippen molar-refractivity contribution in [2.75, 3.05) is 31.6 Å². The van der Waals surface area contributed by atoms with E-state index in [1.807, 2.05) is 0 Å². The smallest absolute Gasteiger partial charge is 0.246 e. The molecule has 4 heterocycles. The summed E-state index contributed by atoms with van der Waals surface area (Å²) in [6.07, 6.45) is 7.80. The third-order valence-corrected chi connectivity index (χ3v) is 7.17. The monoisotopic (exact) mass is 420 g/mol. The fourth-order valence-electron chi connectivity index (χ4n) is 5.25. The second-order valence-corrected chi connectivity index (χ2v) is 8.85. The average Bonchev–Trinajstić information content (AvgIpc) is 3.34. The van der Waals surface area contributed by atoms with Crippen molar-refractivity contribution in [3.05, 3.63) is 59.9 Å². The summed E-state index contributed by atoms with van der Waals surface area (Å²) in [5.41, 5.74) is 4.82. The molecule has 3 aliphatic rings. The Kier molecular flexibility index (Phi) is 4.50. The van der Waals surface area contributed by atoms with Gasteiger partial charge in [0.1, 0.15) is 6.33 Å². The van der Waals surface area contributed by atoms with Crippen molar-refractivity contribution >= 4 is 11.6 Å². The van der Waals surface area contributed by atoms with Gasteiger partial charge in [-0.2, -0.15) is 9.37 Å². The quantitative estimate of drug-likeness (QED) is 0.654. The Morgan fingerprint density at radius 1 is 1.06 bits per heavy atom. The molecule has 2 aliphatic heterocycles. The van der Waals surface area contributed by atoms with Crippen LogP contribution in [0, 0.1) is 5.95 Å². The van der Waals surface area contributed by atoms with E-state index in [4.69, 9.17) is 4.74 Å². The van der Waals surface area contributed by atoms with Gasteiger partial charge < -0.3 is 10.1 Å². The zero-order valence-electron chi connectivity index (χ0n) is 17.3. The number of hydrogen-bond acceptors (Lipinski definition) is 6. The first-order valence-electron chi connectivity index (χ1n) is 10.9. The van der Waals surface area contributed by atoms with Crippen molar-refractivity contribution in [3.8, 4) is 5.69 Å². The zero-order chi connectivity index (χ0) is 20.8. The number of likely N-dealkylation sites (tertiary alicyclic amines) is 1. The van der Waals surface area contributed by atoms with E-state index in [1.165, 1.54) is 42.7 Å². The summed E-state index contributed by atoms with van der Waals surface area (Å²) in [6, 6.07) is 10.3. The number of halogens is 1. The Balaban J connectivity index is 1.20. The number of hydrogen-bond donors (Lipinski definition) is 1. The Labute approximate surface area is 180 Å². The number of aromatic nitrogens is 4. The lowest BCUT2D eigenvalue weighted by molar-refractivity contribution is -0.0758. The molecule has 7 nitrogen and oxygen atoms in total. The molecule has 2 fully saturated rings. The number of anilines is 2. The molecule has 0 unspecified atom stereocenters. The number of ether oxygens (including phenoxy) is 1. The molecule has 31 heavy (non-hydrogen) atoms. The van der Waals surface area contributed by atoms with Crippen LogP contribution in [0.2, 0.25) is 0 Å². The topological polar surface area (TPSA) is 68.1 Å². The van der Waals surface area contributed by atoms with Crippen molar-refractivity contribution < 1.29 is 9.13 Å². The van der Waals surface area contributed by atoms with E-state index in [2.05, 4.69) is 43.5 Å². The number of benzene rings is 1. The first-order chi connectivity index (χ1) is 15.2. The maximum Gasteiger partial charge on any atom is 0.246 e. The van der Waals surface area contributed by atoms with Gasteiger partial charge in [-0.3, -0.25) is 4.90 Å². The van der Waals surface area contributed by atoms with Gasteiger partial charge in [0.15, 0.2) is 0 Å². The minimum absolute atomic E-state index is 0.287. The molecular weight excluding hydrogens is 395 g/mol. The molecule has 160 valence electrons. The molecule has 8 heteroatoms. The normalized spacial score (nSPS) is 20.5. The molecular formula is C23H25FN6O. The lowest BCUT2D eigenvalue weighted by atomic mass is 9.73. The Hall–Kier alpha value is -2.84. The van der Waals surface area contributed by atoms with Crippen LogP contribution in [0.4, 0.5) is 16.0 Å². The fourth-order valence-corrected chi connectivity index (χ4v) is 5.25. The Morgan fingerprint density at radius 3 is 2.71 bits per heavy atom. The summed E-state index contributed by atoms with van der Waals surface area (Å²) >= 11 is 0. The molecule has 0 atom stereocenters. The molecule has 6 rings (SSSR count). The van der Waals surface area contributed by atoms with Gasteiger partial charge in [0, 0.05) is 18.0 Å². The summed E-state index contributed by atoms with van der Waals surface area (Å²) in [5, 5.41) is 7.77. The van der Waals surface area contributed by atoms with Gasteiger partial charge in [-0.25, -0.2) is 9.67 Å². The number of fused-ring (bicyclic) bond motifs is 2. The van der Waals surface area contributed by atoms with Gasteiger partial charge in [-0.15, -0.1) is 5.10 Å². The molecule has 1 N–H and O–H groups in total. The Morgan fingerprint density at radius 2 is 1.94 bits per heavy atom. The van der Waals surface area contributed by atoms with Crippen LogP contribution in [0.3, 0.4) is 0 Å². The molecule has 0 radical (unpaired) electrons. The van der Waals surface area contributed by atoms with Crippen molar-refractivity contribution in [2.45, 2.75) is 37.1 Å². The highest BCUT2D eigenvalue weighted by Crippen LogP contribution is 2.47.